The summed E-state index contributed by atoms with van der Waals surface area (Å²) in [5.41, 5.74) is 3.77. The van der Waals surface area contributed by atoms with Crippen LogP contribution in [-0.2, 0) is 23.5 Å². The number of benzene rings is 1. The van der Waals surface area contributed by atoms with Crippen LogP contribution < -0.4 is 5.32 Å². The Bertz CT molecular complexity index is 1310. The SMILES string of the molecule is Cc1csc(SCc2c(C(=O)NCCC(=O)N3CCc4sccc4C3)oc3ccccc23)n1. The van der Waals surface area contributed by atoms with Crippen molar-refractivity contribution in [3.63, 3.8) is 0 Å². The zero-order valence-electron chi connectivity index (χ0n) is 18.1. The quantitative estimate of drug-likeness (QED) is 0.353. The van der Waals surface area contributed by atoms with Crippen LogP contribution in [0.1, 0.15) is 38.7 Å². The molecule has 0 unspecified atom stereocenters. The molecule has 5 rings (SSSR count). The van der Waals surface area contributed by atoms with Gasteiger partial charge in [0.2, 0.25) is 5.91 Å². The Labute approximate surface area is 204 Å². The summed E-state index contributed by atoms with van der Waals surface area (Å²) in [4.78, 5) is 33.4. The van der Waals surface area contributed by atoms with Crippen molar-refractivity contribution in [1.82, 2.24) is 15.2 Å². The molecule has 1 aromatic carbocycles. The lowest BCUT2D eigenvalue weighted by Gasteiger charge is -2.27. The molecule has 3 aromatic heterocycles. The summed E-state index contributed by atoms with van der Waals surface area (Å²) in [6.07, 6.45) is 1.18. The van der Waals surface area contributed by atoms with Gasteiger partial charge in [0.15, 0.2) is 5.76 Å². The van der Waals surface area contributed by atoms with E-state index in [-0.39, 0.29) is 24.8 Å². The van der Waals surface area contributed by atoms with Gasteiger partial charge in [-0.15, -0.1) is 22.7 Å². The van der Waals surface area contributed by atoms with E-state index in [2.05, 4.69) is 21.7 Å². The molecule has 0 saturated carbocycles. The lowest BCUT2D eigenvalue weighted by Crippen LogP contribution is -2.37. The van der Waals surface area contributed by atoms with Gasteiger partial charge >= 0.3 is 0 Å². The maximum Gasteiger partial charge on any atom is 0.287 e. The molecule has 9 heteroatoms. The molecule has 2 amide bonds. The number of para-hydroxylation sites is 1. The lowest BCUT2D eigenvalue weighted by molar-refractivity contribution is -0.131. The van der Waals surface area contributed by atoms with Gasteiger partial charge in [0, 0.05) is 58.7 Å². The molecule has 1 aliphatic rings. The fourth-order valence-corrected chi connectivity index (χ4v) is 6.71. The topological polar surface area (TPSA) is 75.4 Å². The number of hydrogen-bond donors (Lipinski definition) is 1. The molecule has 0 saturated heterocycles. The molecular weight excluding hydrogens is 474 g/mol. The van der Waals surface area contributed by atoms with Crippen LogP contribution in [0, 0.1) is 6.92 Å². The first-order valence-corrected chi connectivity index (χ1v) is 13.5. The second-order valence-corrected chi connectivity index (χ2v) is 11.0. The van der Waals surface area contributed by atoms with Crippen molar-refractivity contribution in [2.75, 3.05) is 13.1 Å². The molecule has 0 aliphatic carbocycles. The molecule has 0 fully saturated rings. The monoisotopic (exact) mass is 497 g/mol. The van der Waals surface area contributed by atoms with Crippen LogP contribution in [0.2, 0.25) is 0 Å². The van der Waals surface area contributed by atoms with Crippen molar-refractivity contribution < 1.29 is 14.0 Å². The summed E-state index contributed by atoms with van der Waals surface area (Å²) in [5.74, 6) is 0.670. The van der Waals surface area contributed by atoms with Crippen LogP contribution >= 0.6 is 34.4 Å². The van der Waals surface area contributed by atoms with Gasteiger partial charge < -0.3 is 14.6 Å². The zero-order chi connectivity index (χ0) is 22.8. The Morgan fingerprint density at radius 3 is 2.97 bits per heavy atom. The normalized spacial score (nSPS) is 13.3. The van der Waals surface area contributed by atoms with E-state index in [9.17, 15) is 9.59 Å². The van der Waals surface area contributed by atoms with Gasteiger partial charge in [0.05, 0.1) is 0 Å². The van der Waals surface area contributed by atoms with Crippen molar-refractivity contribution in [3.8, 4) is 0 Å². The standard InChI is InChI=1S/C24H23N3O3S3/c1-15-13-32-24(26-15)33-14-18-17-4-2-3-5-19(17)30-22(18)23(29)25-9-6-21(28)27-10-7-20-16(12-27)8-11-31-20/h2-5,8,11,13H,6-7,9-10,12,14H2,1H3,(H,25,29). The maximum absolute atomic E-state index is 13.0. The predicted molar refractivity (Wildman–Crippen MR) is 133 cm³/mol. The largest absolute Gasteiger partial charge is 0.451 e. The first-order chi connectivity index (χ1) is 16.1. The molecule has 33 heavy (non-hydrogen) atoms. The number of aryl methyl sites for hydroxylation is 1. The average molecular weight is 498 g/mol. The van der Waals surface area contributed by atoms with Crippen LogP contribution in [0.3, 0.4) is 0 Å². The number of carbonyl (C=O) groups excluding carboxylic acids is 2. The summed E-state index contributed by atoms with van der Waals surface area (Å²) < 4.78 is 6.89. The van der Waals surface area contributed by atoms with Crippen LogP contribution in [0.15, 0.2) is 49.8 Å². The number of hydrogen-bond acceptors (Lipinski definition) is 7. The average Bonchev–Trinajstić information content (AvgIpc) is 3.55. The number of amides is 2. The molecule has 0 bridgehead atoms. The maximum atomic E-state index is 13.0. The number of carbonyl (C=O) groups is 2. The molecule has 6 nitrogen and oxygen atoms in total. The van der Waals surface area contributed by atoms with E-state index in [0.717, 1.165) is 33.9 Å². The molecule has 0 radical (unpaired) electrons. The Morgan fingerprint density at radius 1 is 1.24 bits per heavy atom. The van der Waals surface area contributed by atoms with E-state index in [1.165, 1.54) is 10.4 Å². The second-order valence-electron chi connectivity index (χ2n) is 7.89. The Kier molecular flexibility index (Phi) is 6.52. The van der Waals surface area contributed by atoms with E-state index >= 15 is 0 Å². The van der Waals surface area contributed by atoms with Crippen molar-refractivity contribution in [3.05, 3.63) is 68.6 Å². The summed E-state index contributed by atoms with van der Waals surface area (Å²) in [6.45, 7) is 3.64. The van der Waals surface area contributed by atoms with Gasteiger partial charge in [-0.05, 0) is 36.4 Å². The van der Waals surface area contributed by atoms with Gasteiger partial charge in [0.1, 0.15) is 9.92 Å². The van der Waals surface area contributed by atoms with Crippen molar-refractivity contribution in [2.45, 2.75) is 36.4 Å². The van der Waals surface area contributed by atoms with E-state index in [1.54, 1.807) is 34.4 Å². The van der Waals surface area contributed by atoms with Crippen molar-refractivity contribution in [2.24, 2.45) is 0 Å². The van der Waals surface area contributed by atoms with Crippen LogP contribution in [0.25, 0.3) is 11.0 Å². The van der Waals surface area contributed by atoms with Gasteiger partial charge in [-0.1, -0.05) is 30.0 Å². The zero-order valence-corrected chi connectivity index (χ0v) is 20.6. The third kappa shape index (κ3) is 4.85. The van der Waals surface area contributed by atoms with E-state index in [1.807, 2.05) is 41.5 Å². The molecule has 170 valence electrons. The minimum atomic E-state index is -0.288. The number of rotatable bonds is 7. The number of furan rings is 1. The van der Waals surface area contributed by atoms with Crippen molar-refractivity contribution in [1.29, 1.82) is 0 Å². The van der Waals surface area contributed by atoms with Gasteiger partial charge in [-0.3, -0.25) is 9.59 Å². The number of aromatic nitrogens is 1. The number of nitrogens with zero attached hydrogens (tertiary/aromatic N) is 2. The van der Waals surface area contributed by atoms with E-state index in [4.69, 9.17) is 4.42 Å². The van der Waals surface area contributed by atoms with Gasteiger partial charge in [-0.2, -0.15) is 0 Å². The third-order valence-electron chi connectivity index (χ3n) is 5.63. The first kappa shape index (κ1) is 22.2. The number of thiazole rings is 1. The highest BCUT2D eigenvalue weighted by atomic mass is 32.2. The fraction of sp³-hybridized carbons (Fsp3) is 0.292. The molecule has 1 aliphatic heterocycles. The van der Waals surface area contributed by atoms with E-state index in [0.29, 0.717) is 23.6 Å². The highest BCUT2D eigenvalue weighted by molar-refractivity contribution is 8.00. The van der Waals surface area contributed by atoms with Gasteiger partial charge in [0.25, 0.3) is 5.91 Å². The first-order valence-electron chi connectivity index (χ1n) is 10.7. The minimum absolute atomic E-state index is 0.0617. The van der Waals surface area contributed by atoms with Crippen LogP contribution in [0.4, 0.5) is 0 Å². The molecule has 4 aromatic rings. The molecule has 0 spiro atoms. The summed E-state index contributed by atoms with van der Waals surface area (Å²) in [6, 6.07) is 9.77. The molecule has 1 N–H and O–H groups in total. The third-order valence-corrected chi connectivity index (χ3v) is 8.82. The molecular formula is C24H23N3O3S3. The summed E-state index contributed by atoms with van der Waals surface area (Å²) in [5, 5.41) is 7.91. The number of nitrogens with one attached hydrogen (secondary N) is 1. The number of fused-ring (bicyclic) bond motifs is 2. The second kappa shape index (κ2) is 9.70. The minimum Gasteiger partial charge on any atom is -0.451 e. The lowest BCUT2D eigenvalue weighted by atomic mass is 10.1. The summed E-state index contributed by atoms with van der Waals surface area (Å²) >= 11 is 4.95. The number of thioether (sulfide) groups is 1. The Morgan fingerprint density at radius 2 is 2.12 bits per heavy atom. The Hall–Kier alpha value is -2.62. The van der Waals surface area contributed by atoms with Crippen molar-refractivity contribution >= 4 is 57.2 Å². The summed E-state index contributed by atoms with van der Waals surface area (Å²) in [7, 11) is 0. The highest BCUT2D eigenvalue weighted by Crippen LogP contribution is 2.33. The molecule has 0 atom stereocenters. The predicted octanol–water partition coefficient (Wildman–Crippen LogP) is 5.26. The molecule has 4 heterocycles. The van der Waals surface area contributed by atoms with Crippen LogP contribution in [0.5, 0.6) is 0 Å². The van der Waals surface area contributed by atoms with E-state index < -0.39 is 0 Å². The fourth-order valence-electron chi connectivity index (χ4n) is 3.94. The van der Waals surface area contributed by atoms with Gasteiger partial charge in [-0.25, -0.2) is 4.98 Å². The highest BCUT2D eigenvalue weighted by Gasteiger charge is 2.23. The Balaban J connectivity index is 1.23. The number of thiophene rings is 1. The van der Waals surface area contributed by atoms with Crippen LogP contribution in [-0.4, -0.2) is 34.8 Å². The smallest absolute Gasteiger partial charge is 0.287 e.